The molecule has 0 spiro atoms. The van der Waals surface area contributed by atoms with Gasteiger partial charge in [-0.05, 0) is 50.3 Å². The van der Waals surface area contributed by atoms with Crippen molar-refractivity contribution < 1.29 is 9.53 Å². The lowest BCUT2D eigenvalue weighted by atomic mass is 10.1. The molecule has 0 fully saturated rings. The van der Waals surface area contributed by atoms with Crippen molar-refractivity contribution in [1.29, 1.82) is 10.5 Å². The topological polar surface area (TPSA) is 163 Å². The Balaban J connectivity index is 1.96. The maximum atomic E-state index is 12.2. The third kappa shape index (κ3) is 4.51. The number of benzene rings is 1. The molecule has 2 aromatic heterocycles. The fourth-order valence-corrected chi connectivity index (χ4v) is 4.25. The second-order valence-electron chi connectivity index (χ2n) is 6.19. The summed E-state index contributed by atoms with van der Waals surface area (Å²) in [4.78, 5) is 20.6. The van der Waals surface area contributed by atoms with Gasteiger partial charge in [0.2, 0.25) is 0 Å². The number of carbonyl (C=O) groups is 1. The number of ether oxygens (including phenoxy) is 1. The standard InChI is InChI=1S/C20H16N8O2S2/c1-4-30-20(29)17-16(24-3)15(28-32-17)13-7-12(5-6-14(13)23)26-27-18-10(2)25-19(31-18)11(8-21)9-22/h5-7,11H,3-4,23H2,1-2H3. The van der Waals surface area contributed by atoms with Crippen LogP contribution in [0, 0.1) is 29.6 Å². The summed E-state index contributed by atoms with van der Waals surface area (Å²) in [5, 5.41) is 27.4. The number of aromatic nitrogens is 2. The molecule has 10 nitrogen and oxygen atoms in total. The maximum absolute atomic E-state index is 12.2. The molecule has 160 valence electrons. The van der Waals surface area contributed by atoms with Crippen molar-refractivity contribution in [2.45, 2.75) is 19.8 Å². The number of nitrogens with zero attached hydrogens (tertiary/aromatic N) is 7. The van der Waals surface area contributed by atoms with Crippen LogP contribution in [-0.2, 0) is 4.74 Å². The first kappa shape index (κ1) is 22.7. The lowest BCUT2D eigenvalue weighted by molar-refractivity contribution is 0.0533. The first-order chi connectivity index (χ1) is 15.4. The lowest BCUT2D eigenvalue weighted by Crippen LogP contribution is -2.02. The zero-order valence-electron chi connectivity index (χ0n) is 17.1. The van der Waals surface area contributed by atoms with Gasteiger partial charge in [-0.3, -0.25) is 4.99 Å². The fraction of sp³-hybridized carbons (Fsp3) is 0.200. The number of azo groups is 1. The minimum Gasteiger partial charge on any atom is -0.462 e. The third-order valence-corrected chi connectivity index (χ3v) is 6.05. The van der Waals surface area contributed by atoms with Crippen LogP contribution < -0.4 is 5.73 Å². The highest BCUT2D eigenvalue weighted by molar-refractivity contribution is 7.15. The number of rotatable bonds is 7. The maximum Gasteiger partial charge on any atom is 0.352 e. The molecule has 0 radical (unpaired) electrons. The Morgan fingerprint density at radius 1 is 1.34 bits per heavy atom. The molecule has 0 saturated carbocycles. The second-order valence-corrected chi connectivity index (χ2v) is 7.98. The Morgan fingerprint density at radius 2 is 2.09 bits per heavy atom. The van der Waals surface area contributed by atoms with Gasteiger partial charge < -0.3 is 10.5 Å². The van der Waals surface area contributed by atoms with E-state index in [1.165, 1.54) is 0 Å². The molecule has 0 bridgehead atoms. The summed E-state index contributed by atoms with van der Waals surface area (Å²) < 4.78 is 9.36. The van der Waals surface area contributed by atoms with Crippen molar-refractivity contribution >= 4 is 57.6 Å². The summed E-state index contributed by atoms with van der Waals surface area (Å²) in [6, 6.07) is 8.77. The smallest absolute Gasteiger partial charge is 0.352 e. The molecule has 12 heteroatoms. The fourth-order valence-electron chi connectivity index (χ4n) is 2.62. The molecule has 32 heavy (non-hydrogen) atoms. The molecule has 3 aromatic rings. The number of nitrogen functional groups attached to an aromatic ring is 1. The van der Waals surface area contributed by atoms with E-state index in [2.05, 4.69) is 31.3 Å². The van der Waals surface area contributed by atoms with E-state index in [0.717, 1.165) is 22.9 Å². The van der Waals surface area contributed by atoms with E-state index in [0.29, 0.717) is 38.3 Å². The van der Waals surface area contributed by atoms with Gasteiger partial charge in [0.15, 0.2) is 15.8 Å². The van der Waals surface area contributed by atoms with E-state index in [-0.39, 0.29) is 17.2 Å². The van der Waals surface area contributed by atoms with Gasteiger partial charge in [-0.2, -0.15) is 14.9 Å². The van der Waals surface area contributed by atoms with E-state index in [9.17, 15) is 4.79 Å². The number of carbonyl (C=O) groups excluding carboxylic acids is 1. The number of thiazole rings is 1. The first-order valence-corrected chi connectivity index (χ1v) is 10.7. The van der Waals surface area contributed by atoms with Crippen LogP contribution in [-0.4, -0.2) is 28.7 Å². The number of hydrogen-bond acceptors (Lipinski definition) is 12. The molecule has 0 aliphatic rings. The van der Waals surface area contributed by atoms with E-state index in [1.807, 2.05) is 12.1 Å². The molecule has 2 N–H and O–H groups in total. The van der Waals surface area contributed by atoms with Crippen LogP contribution in [0.25, 0.3) is 11.3 Å². The highest BCUT2D eigenvalue weighted by Crippen LogP contribution is 2.40. The summed E-state index contributed by atoms with van der Waals surface area (Å²) in [7, 11) is 0. The second kappa shape index (κ2) is 9.87. The summed E-state index contributed by atoms with van der Waals surface area (Å²) in [5.74, 6) is -1.48. The number of aryl methyl sites for hydroxylation is 1. The van der Waals surface area contributed by atoms with Crippen molar-refractivity contribution in [1.82, 2.24) is 9.36 Å². The van der Waals surface area contributed by atoms with Crippen molar-refractivity contribution in [3.8, 4) is 23.4 Å². The van der Waals surface area contributed by atoms with E-state index >= 15 is 0 Å². The summed E-state index contributed by atoms with van der Waals surface area (Å²) in [5.41, 5.74) is 8.79. The number of esters is 1. The van der Waals surface area contributed by atoms with Gasteiger partial charge >= 0.3 is 5.97 Å². The molecule has 0 aliphatic heterocycles. The van der Waals surface area contributed by atoms with Crippen molar-refractivity contribution in [3.63, 3.8) is 0 Å². The monoisotopic (exact) mass is 464 g/mol. The summed E-state index contributed by atoms with van der Waals surface area (Å²) in [6.07, 6.45) is 0. The minimum absolute atomic E-state index is 0.225. The van der Waals surface area contributed by atoms with Gasteiger partial charge in [-0.1, -0.05) is 11.3 Å². The van der Waals surface area contributed by atoms with Gasteiger partial charge in [0.25, 0.3) is 0 Å². The van der Waals surface area contributed by atoms with E-state index < -0.39 is 11.9 Å². The Morgan fingerprint density at radius 3 is 2.75 bits per heavy atom. The van der Waals surface area contributed by atoms with Crippen LogP contribution in [0.1, 0.15) is 33.2 Å². The third-order valence-electron chi connectivity index (χ3n) is 4.13. The SMILES string of the molecule is C=Nc1c(-c2cc(N=Nc3sc(C(C#N)C#N)nc3C)ccc2N)nsc1C(=O)OCC. The molecule has 0 unspecified atom stereocenters. The number of hydrogen-bond donors (Lipinski definition) is 1. The zero-order valence-corrected chi connectivity index (χ0v) is 18.7. The average molecular weight is 465 g/mol. The van der Waals surface area contributed by atoms with Crippen LogP contribution >= 0.6 is 22.9 Å². The predicted molar refractivity (Wildman–Crippen MR) is 122 cm³/mol. The van der Waals surface area contributed by atoms with Crippen LogP contribution in [0.2, 0.25) is 0 Å². The molecular weight excluding hydrogens is 448 g/mol. The quantitative estimate of drug-likeness (QED) is 0.217. The summed E-state index contributed by atoms with van der Waals surface area (Å²) in [6.45, 7) is 7.20. The highest BCUT2D eigenvalue weighted by Gasteiger charge is 2.23. The molecule has 3 rings (SSSR count). The van der Waals surface area contributed by atoms with E-state index in [1.54, 1.807) is 32.0 Å². The molecule has 1 aromatic carbocycles. The Hall–Kier alpha value is -4.00. The molecule has 2 heterocycles. The van der Waals surface area contributed by atoms with E-state index in [4.69, 9.17) is 21.0 Å². The molecule has 0 atom stereocenters. The number of nitriles is 2. The Kier molecular flexibility index (Phi) is 7.00. The van der Waals surface area contributed by atoms with Gasteiger partial charge in [-0.15, -0.1) is 10.2 Å². The molecular formula is C20H16N8O2S2. The predicted octanol–water partition coefficient (Wildman–Crippen LogP) is 5.21. The normalized spacial score (nSPS) is 10.8. The van der Waals surface area contributed by atoms with Crippen molar-refractivity contribution in [2.24, 2.45) is 15.2 Å². The van der Waals surface area contributed by atoms with Gasteiger partial charge in [0, 0.05) is 11.3 Å². The molecule has 0 amide bonds. The number of nitrogens with two attached hydrogens (primary N) is 1. The minimum atomic E-state index is -0.950. The van der Waals surface area contributed by atoms with Crippen LogP contribution in [0.3, 0.4) is 0 Å². The molecule has 0 aliphatic carbocycles. The van der Waals surface area contributed by atoms with Crippen LogP contribution in [0.4, 0.5) is 22.1 Å². The lowest BCUT2D eigenvalue weighted by Gasteiger charge is -2.05. The van der Waals surface area contributed by atoms with Crippen LogP contribution in [0.5, 0.6) is 0 Å². The Bertz CT molecular complexity index is 1280. The van der Waals surface area contributed by atoms with Gasteiger partial charge in [-0.25, -0.2) is 9.78 Å². The summed E-state index contributed by atoms with van der Waals surface area (Å²) >= 11 is 2.08. The molecule has 0 saturated heterocycles. The first-order valence-electron chi connectivity index (χ1n) is 9.15. The van der Waals surface area contributed by atoms with Crippen molar-refractivity contribution in [3.05, 3.63) is 33.8 Å². The van der Waals surface area contributed by atoms with Crippen molar-refractivity contribution in [2.75, 3.05) is 12.3 Å². The van der Waals surface area contributed by atoms with Crippen LogP contribution in [0.15, 0.2) is 33.4 Å². The highest BCUT2D eigenvalue weighted by atomic mass is 32.1. The number of anilines is 1. The zero-order chi connectivity index (χ0) is 23.3. The van der Waals surface area contributed by atoms with Gasteiger partial charge in [0.1, 0.15) is 16.4 Å². The van der Waals surface area contributed by atoms with Gasteiger partial charge in [0.05, 0.1) is 30.1 Å². The Labute approximate surface area is 191 Å². The largest absolute Gasteiger partial charge is 0.462 e. The average Bonchev–Trinajstić information content (AvgIpc) is 3.37. The number of aliphatic imine (C=N–C) groups is 1.